The van der Waals surface area contributed by atoms with Crippen molar-refractivity contribution in [3.63, 3.8) is 0 Å². The zero-order valence-corrected chi connectivity index (χ0v) is 14.7. The standard InChI is InChI=1S/C17H18F3NO3S/c1-12(15-9-4-5-10-16(15)24-3)21(2)25(22,23)14-8-6-7-13(11-14)17(18,19)20/h4-12H,1-3H3/t12-/m1/s1. The average molecular weight is 373 g/mol. The maximum absolute atomic E-state index is 12.9. The molecule has 0 unspecified atom stereocenters. The molecule has 0 amide bonds. The highest BCUT2D eigenvalue weighted by Gasteiger charge is 2.33. The van der Waals surface area contributed by atoms with E-state index in [9.17, 15) is 21.6 Å². The van der Waals surface area contributed by atoms with Crippen LogP contribution < -0.4 is 4.74 Å². The molecule has 0 spiro atoms. The number of para-hydroxylation sites is 1. The minimum Gasteiger partial charge on any atom is -0.496 e. The van der Waals surface area contributed by atoms with Crippen LogP contribution in [-0.4, -0.2) is 26.9 Å². The number of ether oxygens (including phenoxy) is 1. The Morgan fingerprint density at radius 2 is 1.72 bits per heavy atom. The lowest BCUT2D eigenvalue weighted by Crippen LogP contribution is -2.30. The van der Waals surface area contributed by atoms with Gasteiger partial charge in [0.2, 0.25) is 10.0 Å². The Kier molecular flexibility index (Phi) is 5.43. The first-order valence-corrected chi connectivity index (χ1v) is 8.81. The van der Waals surface area contributed by atoms with Crippen molar-refractivity contribution in [2.24, 2.45) is 0 Å². The molecule has 136 valence electrons. The second-order valence-corrected chi connectivity index (χ2v) is 7.46. The predicted molar refractivity (Wildman–Crippen MR) is 87.8 cm³/mol. The van der Waals surface area contributed by atoms with Crippen molar-refractivity contribution in [2.75, 3.05) is 14.2 Å². The molecule has 0 aliphatic carbocycles. The van der Waals surface area contributed by atoms with E-state index in [0.29, 0.717) is 17.4 Å². The second kappa shape index (κ2) is 7.05. The Bertz CT molecular complexity index is 850. The number of alkyl halides is 3. The Hall–Kier alpha value is -2.06. The van der Waals surface area contributed by atoms with Gasteiger partial charge in [-0.2, -0.15) is 17.5 Å². The third-order valence-electron chi connectivity index (χ3n) is 3.97. The summed E-state index contributed by atoms with van der Waals surface area (Å²) in [5.41, 5.74) is -0.394. The van der Waals surface area contributed by atoms with Gasteiger partial charge >= 0.3 is 6.18 Å². The smallest absolute Gasteiger partial charge is 0.416 e. The predicted octanol–water partition coefficient (Wildman–Crippen LogP) is 4.10. The van der Waals surface area contributed by atoms with E-state index in [1.165, 1.54) is 14.2 Å². The van der Waals surface area contributed by atoms with Crippen LogP contribution in [0.3, 0.4) is 0 Å². The summed E-state index contributed by atoms with van der Waals surface area (Å²) in [6.45, 7) is 1.64. The van der Waals surface area contributed by atoms with Crippen molar-refractivity contribution in [2.45, 2.75) is 24.0 Å². The molecule has 2 rings (SSSR count). The van der Waals surface area contributed by atoms with Gasteiger partial charge in [0, 0.05) is 12.6 Å². The fourth-order valence-electron chi connectivity index (χ4n) is 2.41. The summed E-state index contributed by atoms with van der Waals surface area (Å²) >= 11 is 0. The molecular weight excluding hydrogens is 355 g/mol. The minimum absolute atomic E-state index is 0.411. The Labute approximate surface area is 144 Å². The number of hydrogen-bond donors (Lipinski definition) is 0. The van der Waals surface area contributed by atoms with Gasteiger partial charge in [0.15, 0.2) is 0 Å². The zero-order valence-electron chi connectivity index (χ0n) is 13.9. The molecule has 2 aromatic carbocycles. The van der Waals surface area contributed by atoms with E-state index in [4.69, 9.17) is 4.74 Å². The zero-order chi connectivity index (χ0) is 18.8. The van der Waals surface area contributed by atoms with Gasteiger partial charge in [-0.15, -0.1) is 0 Å². The topological polar surface area (TPSA) is 46.6 Å². The lowest BCUT2D eigenvalue weighted by Gasteiger charge is -2.26. The van der Waals surface area contributed by atoms with Crippen LogP contribution in [0.1, 0.15) is 24.1 Å². The largest absolute Gasteiger partial charge is 0.496 e. The van der Waals surface area contributed by atoms with Crippen molar-refractivity contribution >= 4 is 10.0 Å². The van der Waals surface area contributed by atoms with Crippen LogP contribution in [0.4, 0.5) is 13.2 Å². The lowest BCUT2D eigenvalue weighted by molar-refractivity contribution is -0.137. The number of hydrogen-bond acceptors (Lipinski definition) is 3. The molecule has 2 aromatic rings. The van der Waals surface area contributed by atoms with Crippen LogP contribution in [0, 0.1) is 0 Å². The number of halogens is 3. The fraction of sp³-hybridized carbons (Fsp3) is 0.294. The summed E-state index contributed by atoms with van der Waals surface area (Å²) in [5, 5.41) is 0. The van der Waals surface area contributed by atoms with Crippen LogP contribution in [-0.2, 0) is 16.2 Å². The van der Waals surface area contributed by atoms with Gasteiger partial charge in [-0.25, -0.2) is 8.42 Å². The first kappa shape index (κ1) is 19.3. The number of benzene rings is 2. The molecule has 0 aliphatic rings. The van der Waals surface area contributed by atoms with Gasteiger partial charge in [-0.1, -0.05) is 24.3 Å². The highest BCUT2D eigenvalue weighted by Crippen LogP contribution is 2.34. The molecule has 0 saturated carbocycles. The van der Waals surface area contributed by atoms with Crippen molar-refractivity contribution < 1.29 is 26.3 Å². The average Bonchev–Trinajstić information content (AvgIpc) is 2.59. The van der Waals surface area contributed by atoms with Crippen molar-refractivity contribution in [1.82, 2.24) is 4.31 Å². The van der Waals surface area contributed by atoms with E-state index in [1.807, 2.05) is 0 Å². The third kappa shape index (κ3) is 3.96. The molecule has 25 heavy (non-hydrogen) atoms. The van der Waals surface area contributed by atoms with Gasteiger partial charge in [-0.05, 0) is 31.2 Å². The van der Waals surface area contributed by atoms with E-state index < -0.39 is 32.7 Å². The summed E-state index contributed by atoms with van der Waals surface area (Å²) in [5.74, 6) is 0.501. The maximum Gasteiger partial charge on any atom is 0.416 e. The van der Waals surface area contributed by atoms with Crippen LogP contribution in [0.15, 0.2) is 53.4 Å². The summed E-state index contributed by atoms with van der Waals surface area (Å²) < 4.78 is 70.3. The Balaban J connectivity index is 2.42. The Morgan fingerprint density at radius 1 is 1.08 bits per heavy atom. The number of nitrogens with zero attached hydrogens (tertiary/aromatic N) is 1. The summed E-state index contributed by atoms with van der Waals surface area (Å²) in [6.07, 6.45) is -4.61. The molecule has 4 nitrogen and oxygen atoms in total. The van der Waals surface area contributed by atoms with Crippen LogP contribution in [0.25, 0.3) is 0 Å². The van der Waals surface area contributed by atoms with Gasteiger partial charge in [0.25, 0.3) is 0 Å². The summed E-state index contributed by atoms with van der Waals surface area (Å²) in [6, 6.07) is 9.96. The van der Waals surface area contributed by atoms with E-state index in [0.717, 1.165) is 22.5 Å². The van der Waals surface area contributed by atoms with E-state index in [2.05, 4.69) is 0 Å². The first-order chi connectivity index (χ1) is 11.6. The van der Waals surface area contributed by atoms with Crippen LogP contribution in [0.5, 0.6) is 5.75 Å². The van der Waals surface area contributed by atoms with E-state index in [1.54, 1.807) is 31.2 Å². The van der Waals surface area contributed by atoms with Crippen LogP contribution in [0.2, 0.25) is 0 Å². The second-order valence-electron chi connectivity index (χ2n) is 5.46. The fourth-order valence-corrected chi connectivity index (χ4v) is 3.80. The highest BCUT2D eigenvalue weighted by molar-refractivity contribution is 7.89. The number of sulfonamides is 1. The molecular formula is C17H18F3NO3S. The minimum atomic E-state index is -4.61. The van der Waals surface area contributed by atoms with Crippen molar-refractivity contribution in [3.05, 3.63) is 59.7 Å². The maximum atomic E-state index is 12.9. The van der Waals surface area contributed by atoms with Gasteiger partial charge < -0.3 is 4.74 Å². The first-order valence-electron chi connectivity index (χ1n) is 7.37. The third-order valence-corrected chi connectivity index (χ3v) is 5.90. The molecule has 0 saturated heterocycles. The van der Waals surface area contributed by atoms with Crippen molar-refractivity contribution in [1.29, 1.82) is 0 Å². The molecule has 0 heterocycles. The Morgan fingerprint density at radius 3 is 2.32 bits per heavy atom. The molecule has 8 heteroatoms. The van der Waals surface area contributed by atoms with E-state index in [-0.39, 0.29) is 0 Å². The van der Waals surface area contributed by atoms with Crippen LogP contribution >= 0.6 is 0 Å². The number of methoxy groups -OCH3 is 1. The molecule has 0 aliphatic heterocycles. The molecule has 0 fully saturated rings. The number of rotatable bonds is 5. The van der Waals surface area contributed by atoms with Gasteiger partial charge in [0.05, 0.1) is 23.6 Å². The SMILES string of the molecule is COc1ccccc1[C@@H](C)N(C)S(=O)(=O)c1cccc(C(F)(F)F)c1. The molecule has 0 bridgehead atoms. The lowest BCUT2D eigenvalue weighted by atomic mass is 10.1. The molecule has 0 aromatic heterocycles. The monoisotopic (exact) mass is 373 g/mol. The van der Waals surface area contributed by atoms with Gasteiger partial charge in [0.1, 0.15) is 5.75 Å². The molecule has 0 radical (unpaired) electrons. The summed E-state index contributed by atoms with van der Waals surface area (Å²) in [7, 11) is -1.33. The van der Waals surface area contributed by atoms with Crippen molar-refractivity contribution in [3.8, 4) is 5.75 Å². The highest BCUT2D eigenvalue weighted by atomic mass is 32.2. The van der Waals surface area contributed by atoms with Gasteiger partial charge in [-0.3, -0.25) is 0 Å². The molecule has 1 atom stereocenters. The quantitative estimate of drug-likeness (QED) is 0.793. The molecule has 0 N–H and O–H groups in total. The normalized spacial score (nSPS) is 13.7. The summed E-state index contributed by atoms with van der Waals surface area (Å²) in [4.78, 5) is -0.411. The van der Waals surface area contributed by atoms with E-state index >= 15 is 0 Å².